The second-order valence-electron chi connectivity index (χ2n) is 5.50. The predicted molar refractivity (Wildman–Crippen MR) is 86.6 cm³/mol. The number of nitrogens with one attached hydrogen (secondary N) is 1. The summed E-state index contributed by atoms with van der Waals surface area (Å²) in [6.07, 6.45) is 1.68. The first-order valence-corrected chi connectivity index (χ1v) is 7.41. The van der Waals surface area contributed by atoms with E-state index < -0.39 is 0 Å². The molecule has 1 rings (SSSR count). The Morgan fingerprint density at radius 1 is 1.33 bits per heavy atom. The van der Waals surface area contributed by atoms with E-state index in [1.165, 1.54) is 0 Å². The smallest absolute Gasteiger partial charge is 0.227 e. The van der Waals surface area contributed by atoms with Crippen molar-refractivity contribution in [3.8, 4) is 5.75 Å². The Balaban J connectivity index is 2.41. The molecule has 0 heterocycles. The summed E-state index contributed by atoms with van der Waals surface area (Å²) in [6.45, 7) is 4.06. The lowest BCUT2D eigenvalue weighted by molar-refractivity contribution is -0.119. The number of likely N-dealkylation sites (N-methyl/N-ethyl adjacent to an activating group) is 1. The van der Waals surface area contributed by atoms with Crippen molar-refractivity contribution in [1.82, 2.24) is 4.90 Å². The van der Waals surface area contributed by atoms with Gasteiger partial charge in [-0.15, -0.1) is 0 Å². The zero-order valence-electron chi connectivity index (χ0n) is 13.3. The van der Waals surface area contributed by atoms with Crippen LogP contribution in [0.1, 0.15) is 19.8 Å². The van der Waals surface area contributed by atoms with E-state index in [1.807, 2.05) is 45.3 Å². The molecule has 1 aromatic rings. The number of hydrogen-bond acceptors (Lipinski definition) is 4. The van der Waals surface area contributed by atoms with E-state index in [4.69, 9.17) is 10.5 Å². The molecule has 5 nitrogen and oxygen atoms in total. The molecule has 0 fully saturated rings. The number of hydrogen-bond donors (Lipinski definition) is 2. The first-order valence-electron chi connectivity index (χ1n) is 7.41. The maximum absolute atomic E-state index is 12.0. The van der Waals surface area contributed by atoms with Crippen molar-refractivity contribution in [1.29, 1.82) is 0 Å². The van der Waals surface area contributed by atoms with Gasteiger partial charge in [-0.05, 0) is 57.7 Å². The molecule has 1 aromatic carbocycles. The van der Waals surface area contributed by atoms with Gasteiger partial charge in [0.15, 0.2) is 0 Å². The van der Waals surface area contributed by atoms with Gasteiger partial charge >= 0.3 is 0 Å². The number of carbonyl (C=O) groups is 1. The van der Waals surface area contributed by atoms with Gasteiger partial charge in [0, 0.05) is 18.2 Å². The molecule has 118 valence electrons. The van der Waals surface area contributed by atoms with Crippen LogP contribution >= 0.6 is 0 Å². The Morgan fingerprint density at radius 3 is 2.57 bits per heavy atom. The highest BCUT2D eigenvalue weighted by Crippen LogP contribution is 2.17. The van der Waals surface area contributed by atoms with E-state index in [0.717, 1.165) is 30.8 Å². The highest BCUT2D eigenvalue weighted by molar-refractivity contribution is 5.92. The van der Waals surface area contributed by atoms with Crippen LogP contribution in [0.4, 0.5) is 5.69 Å². The van der Waals surface area contributed by atoms with Crippen molar-refractivity contribution in [3.63, 3.8) is 0 Å². The molecule has 0 radical (unpaired) electrons. The molecule has 0 aromatic heterocycles. The third-order valence-corrected chi connectivity index (χ3v) is 3.22. The van der Waals surface area contributed by atoms with E-state index in [2.05, 4.69) is 10.2 Å². The van der Waals surface area contributed by atoms with Crippen molar-refractivity contribution < 1.29 is 9.53 Å². The van der Waals surface area contributed by atoms with Crippen LogP contribution in [0.25, 0.3) is 0 Å². The lowest BCUT2D eigenvalue weighted by atomic mass is 10.0. The molecule has 1 amide bonds. The molecule has 0 aliphatic heterocycles. The minimum Gasteiger partial charge on any atom is -0.492 e. The average molecular weight is 293 g/mol. The molecule has 1 unspecified atom stereocenters. The van der Waals surface area contributed by atoms with Crippen LogP contribution in [0, 0.1) is 5.92 Å². The second kappa shape index (κ2) is 9.37. The summed E-state index contributed by atoms with van der Waals surface area (Å²) in [5.41, 5.74) is 6.25. The van der Waals surface area contributed by atoms with Gasteiger partial charge in [0.1, 0.15) is 12.4 Å². The largest absolute Gasteiger partial charge is 0.492 e. The molecule has 1 atom stereocenters. The number of carbonyl (C=O) groups excluding carboxylic acids is 1. The van der Waals surface area contributed by atoms with E-state index >= 15 is 0 Å². The molecule has 0 saturated carbocycles. The van der Waals surface area contributed by atoms with Gasteiger partial charge in [0.25, 0.3) is 0 Å². The number of ether oxygens (including phenoxy) is 1. The number of rotatable bonds is 9. The first-order chi connectivity index (χ1) is 10.0. The van der Waals surface area contributed by atoms with Crippen LogP contribution in [0.15, 0.2) is 24.3 Å². The van der Waals surface area contributed by atoms with Crippen LogP contribution in [0.5, 0.6) is 5.75 Å². The van der Waals surface area contributed by atoms with Crippen molar-refractivity contribution >= 4 is 11.6 Å². The maximum Gasteiger partial charge on any atom is 0.227 e. The molecular weight excluding hydrogens is 266 g/mol. The minimum absolute atomic E-state index is 0.0235. The SMILES string of the molecule is CC(CCCN)C(=O)Nc1ccc(OCCN(C)C)cc1. The molecule has 0 saturated heterocycles. The van der Waals surface area contributed by atoms with Gasteiger partial charge in [-0.25, -0.2) is 0 Å². The van der Waals surface area contributed by atoms with Crippen LogP contribution in [0.3, 0.4) is 0 Å². The van der Waals surface area contributed by atoms with Crippen LogP contribution in [-0.2, 0) is 4.79 Å². The normalized spacial score (nSPS) is 12.2. The Bertz CT molecular complexity index is 418. The van der Waals surface area contributed by atoms with E-state index in [9.17, 15) is 4.79 Å². The van der Waals surface area contributed by atoms with Crippen LogP contribution < -0.4 is 15.8 Å². The van der Waals surface area contributed by atoms with E-state index in [-0.39, 0.29) is 11.8 Å². The molecule has 0 bridgehead atoms. The highest BCUT2D eigenvalue weighted by Gasteiger charge is 2.12. The molecule has 3 N–H and O–H groups in total. The van der Waals surface area contributed by atoms with Crippen LogP contribution in [0.2, 0.25) is 0 Å². The summed E-state index contributed by atoms with van der Waals surface area (Å²) >= 11 is 0. The maximum atomic E-state index is 12.0. The lowest BCUT2D eigenvalue weighted by Crippen LogP contribution is -2.21. The summed E-state index contributed by atoms with van der Waals surface area (Å²) in [5.74, 6) is 0.820. The van der Waals surface area contributed by atoms with Gasteiger partial charge in [0.2, 0.25) is 5.91 Å². The minimum atomic E-state index is -0.0235. The summed E-state index contributed by atoms with van der Waals surface area (Å²) in [6, 6.07) is 7.46. The quantitative estimate of drug-likeness (QED) is 0.730. The van der Waals surface area contributed by atoms with Gasteiger partial charge in [0.05, 0.1) is 0 Å². The monoisotopic (exact) mass is 293 g/mol. The number of amides is 1. The summed E-state index contributed by atoms with van der Waals surface area (Å²) in [5, 5.41) is 2.91. The van der Waals surface area contributed by atoms with Gasteiger partial charge < -0.3 is 20.7 Å². The Morgan fingerprint density at radius 2 is 2.00 bits per heavy atom. The van der Waals surface area contributed by atoms with E-state index in [0.29, 0.717) is 13.2 Å². The average Bonchev–Trinajstić information content (AvgIpc) is 2.46. The fourth-order valence-corrected chi connectivity index (χ4v) is 1.80. The third-order valence-electron chi connectivity index (χ3n) is 3.22. The van der Waals surface area contributed by atoms with Gasteiger partial charge in [-0.3, -0.25) is 4.79 Å². The van der Waals surface area contributed by atoms with Crippen molar-refractivity contribution in [2.24, 2.45) is 11.7 Å². The summed E-state index contributed by atoms with van der Waals surface area (Å²) < 4.78 is 5.61. The van der Waals surface area contributed by atoms with Crippen LogP contribution in [-0.4, -0.2) is 44.6 Å². The van der Waals surface area contributed by atoms with Crippen molar-refractivity contribution in [2.75, 3.05) is 39.1 Å². The zero-order valence-corrected chi connectivity index (χ0v) is 13.3. The predicted octanol–water partition coefficient (Wildman–Crippen LogP) is 1.94. The Kier molecular flexibility index (Phi) is 7.79. The fraction of sp³-hybridized carbons (Fsp3) is 0.562. The van der Waals surface area contributed by atoms with Crippen molar-refractivity contribution in [3.05, 3.63) is 24.3 Å². The first kappa shape index (κ1) is 17.5. The van der Waals surface area contributed by atoms with Gasteiger partial charge in [-0.1, -0.05) is 6.92 Å². The number of nitrogens with two attached hydrogens (primary N) is 1. The summed E-state index contributed by atoms with van der Waals surface area (Å²) in [4.78, 5) is 14.0. The Hall–Kier alpha value is -1.59. The molecule has 5 heteroatoms. The Labute approximate surface area is 127 Å². The number of anilines is 1. The summed E-state index contributed by atoms with van der Waals surface area (Å²) in [7, 11) is 4.02. The number of nitrogens with zero attached hydrogens (tertiary/aromatic N) is 1. The third kappa shape index (κ3) is 7.11. The van der Waals surface area contributed by atoms with Crippen molar-refractivity contribution in [2.45, 2.75) is 19.8 Å². The zero-order chi connectivity index (χ0) is 15.7. The molecule has 0 aliphatic rings. The molecular formula is C16H27N3O2. The highest BCUT2D eigenvalue weighted by atomic mass is 16.5. The molecule has 0 aliphatic carbocycles. The fourth-order valence-electron chi connectivity index (χ4n) is 1.80. The molecule has 21 heavy (non-hydrogen) atoms. The second-order valence-corrected chi connectivity index (χ2v) is 5.50. The van der Waals surface area contributed by atoms with Gasteiger partial charge in [-0.2, -0.15) is 0 Å². The topological polar surface area (TPSA) is 67.6 Å². The van der Waals surface area contributed by atoms with E-state index in [1.54, 1.807) is 0 Å². The molecule has 0 spiro atoms. The number of benzene rings is 1. The standard InChI is InChI=1S/C16H27N3O2/c1-13(5-4-10-17)16(20)18-14-6-8-15(9-7-14)21-12-11-19(2)3/h6-9,13H,4-5,10-12,17H2,1-3H3,(H,18,20). The lowest BCUT2D eigenvalue weighted by Gasteiger charge is -2.13.